The van der Waals surface area contributed by atoms with Crippen LogP contribution in [0.1, 0.15) is 61.1 Å². The molecule has 0 bridgehead atoms. The number of piperidine rings is 1. The van der Waals surface area contributed by atoms with Gasteiger partial charge in [-0.1, -0.05) is 19.3 Å². The normalized spacial score (nSPS) is 23.1. The van der Waals surface area contributed by atoms with Crippen LogP contribution in [0.25, 0.3) is 0 Å². The molecule has 24 heavy (non-hydrogen) atoms. The molecule has 1 amide bonds. The zero-order valence-corrected chi connectivity index (χ0v) is 14.6. The van der Waals surface area contributed by atoms with E-state index >= 15 is 0 Å². The maximum Gasteiger partial charge on any atom is 0.267 e. The van der Waals surface area contributed by atoms with Crippen LogP contribution in [-0.2, 0) is 0 Å². The van der Waals surface area contributed by atoms with Gasteiger partial charge in [0.2, 0.25) is 0 Å². The summed E-state index contributed by atoms with van der Waals surface area (Å²) in [6.45, 7) is 4.79. The van der Waals surface area contributed by atoms with Gasteiger partial charge in [0.05, 0.1) is 0 Å². The second kappa shape index (κ2) is 7.97. The minimum absolute atomic E-state index is 0.127. The van der Waals surface area contributed by atoms with Crippen molar-refractivity contribution in [1.82, 2.24) is 15.2 Å². The van der Waals surface area contributed by atoms with Gasteiger partial charge in [-0.3, -0.25) is 9.59 Å². The Labute approximate surface area is 143 Å². The van der Waals surface area contributed by atoms with Gasteiger partial charge >= 0.3 is 0 Å². The van der Waals surface area contributed by atoms with Crippen molar-refractivity contribution in [3.05, 3.63) is 33.7 Å². The molecule has 2 aliphatic rings. The molecule has 5 heteroatoms. The third-order valence-corrected chi connectivity index (χ3v) is 5.41. The predicted octanol–water partition coefficient (Wildman–Crippen LogP) is 2.46. The lowest BCUT2D eigenvalue weighted by atomic mass is 9.90. The van der Waals surface area contributed by atoms with Gasteiger partial charge in [0, 0.05) is 37.0 Å². The van der Waals surface area contributed by atoms with Crippen LogP contribution >= 0.6 is 0 Å². The number of H-pyrrole nitrogens is 1. The zero-order valence-electron chi connectivity index (χ0n) is 14.6. The van der Waals surface area contributed by atoms with Crippen LogP contribution in [0.5, 0.6) is 0 Å². The average Bonchev–Trinajstić information content (AvgIpc) is 2.60. The maximum atomic E-state index is 12.3. The first-order valence-corrected chi connectivity index (χ1v) is 9.35. The zero-order chi connectivity index (χ0) is 16.9. The molecule has 2 fully saturated rings. The van der Waals surface area contributed by atoms with E-state index in [0.717, 1.165) is 12.6 Å². The quantitative estimate of drug-likeness (QED) is 0.891. The molecule has 1 aliphatic heterocycles. The molecule has 5 nitrogen and oxygen atoms in total. The van der Waals surface area contributed by atoms with Crippen LogP contribution in [0.4, 0.5) is 0 Å². The minimum atomic E-state index is -0.175. The molecule has 1 saturated heterocycles. The second-order valence-corrected chi connectivity index (χ2v) is 7.42. The first kappa shape index (κ1) is 17.2. The van der Waals surface area contributed by atoms with Crippen LogP contribution in [0.15, 0.2) is 16.9 Å². The summed E-state index contributed by atoms with van der Waals surface area (Å²) in [7, 11) is 0. The van der Waals surface area contributed by atoms with Gasteiger partial charge in [0.15, 0.2) is 5.43 Å². The number of hydrogen-bond donors (Lipinski definition) is 2. The van der Waals surface area contributed by atoms with Gasteiger partial charge in [-0.15, -0.1) is 0 Å². The fourth-order valence-electron chi connectivity index (χ4n) is 4.18. The highest BCUT2D eigenvalue weighted by Gasteiger charge is 2.27. The first-order chi connectivity index (χ1) is 11.6. The number of rotatable bonds is 4. The Morgan fingerprint density at radius 2 is 2.00 bits per heavy atom. The Kier molecular flexibility index (Phi) is 5.72. The molecule has 1 aromatic rings. The van der Waals surface area contributed by atoms with Gasteiger partial charge in [-0.05, 0) is 45.1 Å². The van der Waals surface area contributed by atoms with E-state index in [-0.39, 0.29) is 11.3 Å². The van der Waals surface area contributed by atoms with Gasteiger partial charge < -0.3 is 15.2 Å². The number of likely N-dealkylation sites (tertiary alicyclic amines) is 1. The number of aromatic amines is 1. The summed E-state index contributed by atoms with van der Waals surface area (Å²) >= 11 is 0. The Balaban J connectivity index is 1.52. The van der Waals surface area contributed by atoms with Gasteiger partial charge in [0.25, 0.3) is 5.91 Å². The van der Waals surface area contributed by atoms with E-state index in [0.29, 0.717) is 23.9 Å². The summed E-state index contributed by atoms with van der Waals surface area (Å²) in [6.07, 6.45) is 9.18. The molecular weight excluding hydrogens is 302 g/mol. The van der Waals surface area contributed by atoms with Crippen LogP contribution < -0.4 is 10.7 Å². The van der Waals surface area contributed by atoms with Crippen LogP contribution in [-0.4, -0.2) is 41.5 Å². The van der Waals surface area contributed by atoms with Crippen molar-refractivity contribution in [2.24, 2.45) is 5.92 Å². The van der Waals surface area contributed by atoms with Gasteiger partial charge in [-0.25, -0.2) is 0 Å². The Morgan fingerprint density at radius 1 is 1.21 bits per heavy atom. The summed E-state index contributed by atoms with van der Waals surface area (Å²) in [6, 6.07) is 3.63. The molecule has 0 aromatic carbocycles. The van der Waals surface area contributed by atoms with Crippen LogP contribution in [0.2, 0.25) is 0 Å². The number of carbonyl (C=O) groups excluding carboxylic acids is 1. The third kappa shape index (κ3) is 4.47. The minimum Gasteiger partial charge on any atom is -0.354 e. The molecule has 1 unspecified atom stereocenters. The Morgan fingerprint density at radius 3 is 2.75 bits per heavy atom. The Bertz CT molecular complexity index is 619. The number of amides is 1. The number of carbonyl (C=O) groups is 1. The SMILES string of the molecule is Cc1cc(=O)cc(C(=O)NCC2CCCN(C3CCCCC3)C2)[nH]1. The average molecular weight is 331 g/mol. The fourth-order valence-corrected chi connectivity index (χ4v) is 4.18. The molecule has 1 aromatic heterocycles. The standard InChI is InChI=1S/C19H29N3O2/c1-14-10-17(23)11-18(21-14)19(24)20-12-15-6-5-9-22(13-15)16-7-3-2-4-8-16/h10-11,15-16H,2-9,12-13H2,1H3,(H,20,24)(H,21,23). The van der Waals surface area contributed by atoms with E-state index in [9.17, 15) is 9.59 Å². The second-order valence-electron chi connectivity index (χ2n) is 7.42. The van der Waals surface area contributed by atoms with Crippen LogP contribution in [0, 0.1) is 12.8 Å². The summed E-state index contributed by atoms with van der Waals surface area (Å²) in [5.74, 6) is 0.340. The van der Waals surface area contributed by atoms with Gasteiger partial charge in [0.1, 0.15) is 5.69 Å². The van der Waals surface area contributed by atoms with E-state index in [4.69, 9.17) is 0 Å². The van der Waals surface area contributed by atoms with E-state index in [1.165, 1.54) is 63.6 Å². The van der Waals surface area contributed by atoms with Crippen molar-refractivity contribution in [3.63, 3.8) is 0 Å². The lowest BCUT2D eigenvalue weighted by Gasteiger charge is -2.40. The number of nitrogens with one attached hydrogen (secondary N) is 2. The summed E-state index contributed by atoms with van der Waals surface area (Å²) in [4.78, 5) is 29.4. The molecule has 1 atom stereocenters. The van der Waals surface area contributed by atoms with Crippen molar-refractivity contribution < 1.29 is 4.79 Å². The largest absolute Gasteiger partial charge is 0.354 e. The topological polar surface area (TPSA) is 65.2 Å². The predicted molar refractivity (Wildman–Crippen MR) is 95.3 cm³/mol. The van der Waals surface area contributed by atoms with Crippen molar-refractivity contribution >= 4 is 5.91 Å². The van der Waals surface area contributed by atoms with Crippen molar-refractivity contribution in [2.75, 3.05) is 19.6 Å². The highest BCUT2D eigenvalue weighted by molar-refractivity contribution is 5.92. The molecular formula is C19H29N3O2. The smallest absolute Gasteiger partial charge is 0.267 e. The van der Waals surface area contributed by atoms with Crippen LogP contribution in [0.3, 0.4) is 0 Å². The summed E-state index contributed by atoms with van der Waals surface area (Å²) in [5, 5.41) is 3.01. The number of pyridine rings is 1. The fraction of sp³-hybridized carbons (Fsp3) is 0.684. The summed E-state index contributed by atoms with van der Waals surface area (Å²) in [5.41, 5.74) is 0.950. The lowest BCUT2D eigenvalue weighted by Crippen LogP contribution is -2.46. The monoisotopic (exact) mass is 331 g/mol. The molecule has 132 valence electrons. The third-order valence-electron chi connectivity index (χ3n) is 5.41. The van der Waals surface area contributed by atoms with E-state index in [1.54, 1.807) is 6.92 Å². The number of nitrogens with zero attached hydrogens (tertiary/aromatic N) is 1. The molecule has 0 radical (unpaired) electrons. The first-order valence-electron chi connectivity index (χ1n) is 9.35. The lowest BCUT2D eigenvalue weighted by molar-refractivity contribution is 0.0863. The van der Waals surface area contributed by atoms with Gasteiger partial charge in [-0.2, -0.15) is 0 Å². The maximum absolute atomic E-state index is 12.3. The van der Waals surface area contributed by atoms with Crippen molar-refractivity contribution in [1.29, 1.82) is 0 Å². The molecule has 2 N–H and O–H groups in total. The van der Waals surface area contributed by atoms with E-state index in [1.807, 2.05) is 0 Å². The Hall–Kier alpha value is -1.62. The number of aryl methyl sites for hydroxylation is 1. The van der Waals surface area contributed by atoms with Crippen molar-refractivity contribution in [3.8, 4) is 0 Å². The van der Waals surface area contributed by atoms with E-state index < -0.39 is 0 Å². The molecule has 1 aliphatic carbocycles. The molecule has 3 rings (SSSR count). The molecule has 0 spiro atoms. The summed E-state index contributed by atoms with van der Waals surface area (Å²) < 4.78 is 0. The molecule has 1 saturated carbocycles. The van der Waals surface area contributed by atoms with Crippen molar-refractivity contribution in [2.45, 2.75) is 57.9 Å². The number of hydrogen-bond acceptors (Lipinski definition) is 3. The van der Waals surface area contributed by atoms with E-state index in [2.05, 4.69) is 15.2 Å². The highest BCUT2D eigenvalue weighted by atomic mass is 16.2. The molecule has 2 heterocycles. The number of aromatic nitrogens is 1. The highest BCUT2D eigenvalue weighted by Crippen LogP contribution is 2.26.